The predicted octanol–water partition coefficient (Wildman–Crippen LogP) is 4.86. The number of benzene rings is 3. The van der Waals surface area contributed by atoms with Gasteiger partial charge in [-0.15, -0.1) is 0 Å². The van der Waals surface area contributed by atoms with Crippen LogP contribution in [-0.2, 0) is 4.79 Å². The smallest absolute Gasteiger partial charge is 0.258 e. The highest BCUT2D eigenvalue weighted by Crippen LogP contribution is 2.20. The number of ether oxygens (including phenoxy) is 1. The second kappa shape index (κ2) is 7.49. The molecule has 0 aliphatic carbocycles. The Bertz CT molecular complexity index is 846. The number of hydrogen-bond acceptors (Lipinski definition) is 2. The lowest BCUT2D eigenvalue weighted by atomic mass is 10.0. The van der Waals surface area contributed by atoms with Crippen LogP contribution in [0.1, 0.15) is 18.5 Å². The van der Waals surface area contributed by atoms with Crippen molar-refractivity contribution in [1.82, 2.24) is 5.32 Å². The van der Waals surface area contributed by atoms with Crippen LogP contribution in [-0.4, -0.2) is 12.5 Å². The third-order valence-corrected chi connectivity index (χ3v) is 4.36. The molecule has 0 heterocycles. The quantitative estimate of drug-likeness (QED) is 0.683. The molecular formula is C20H18BrNO2. The molecule has 3 aromatic rings. The van der Waals surface area contributed by atoms with E-state index in [2.05, 4.69) is 45.5 Å². The Morgan fingerprint density at radius 3 is 2.50 bits per heavy atom. The van der Waals surface area contributed by atoms with E-state index in [-0.39, 0.29) is 18.6 Å². The van der Waals surface area contributed by atoms with Crippen LogP contribution in [0.2, 0.25) is 0 Å². The molecule has 0 fully saturated rings. The van der Waals surface area contributed by atoms with Gasteiger partial charge in [-0.1, -0.05) is 52.3 Å². The molecule has 0 saturated heterocycles. The van der Waals surface area contributed by atoms with E-state index in [9.17, 15) is 4.79 Å². The van der Waals surface area contributed by atoms with Crippen molar-refractivity contribution in [3.63, 3.8) is 0 Å². The van der Waals surface area contributed by atoms with Gasteiger partial charge in [0.2, 0.25) is 0 Å². The summed E-state index contributed by atoms with van der Waals surface area (Å²) in [4.78, 5) is 12.1. The maximum Gasteiger partial charge on any atom is 0.258 e. The standard InChI is InChI=1S/C20H18BrNO2/c1-14(16-7-6-15-4-2-3-5-17(15)12-16)22-20(23)13-24-19-10-8-18(21)9-11-19/h2-12,14H,13H2,1H3,(H,22,23)/t14-/m1/s1. The SMILES string of the molecule is C[C@@H](NC(=O)COc1ccc(Br)cc1)c1ccc2ccccc2c1. The molecule has 1 N–H and O–H groups in total. The molecule has 3 rings (SSSR count). The van der Waals surface area contributed by atoms with Crippen LogP contribution in [0.25, 0.3) is 10.8 Å². The fraction of sp³-hybridized carbons (Fsp3) is 0.150. The topological polar surface area (TPSA) is 38.3 Å². The van der Waals surface area contributed by atoms with E-state index < -0.39 is 0 Å². The molecule has 1 amide bonds. The van der Waals surface area contributed by atoms with Crippen molar-refractivity contribution in [2.24, 2.45) is 0 Å². The van der Waals surface area contributed by atoms with Crippen LogP contribution in [0.4, 0.5) is 0 Å². The highest BCUT2D eigenvalue weighted by Gasteiger charge is 2.10. The van der Waals surface area contributed by atoms with Gasteiger partial charge in [0.25, 0.3) is 5.91 Å². The lowest BCUT2D eigenvalue weighted by molar-refractivity contribution is -0.123. The maximum absolute atomic E-state index is 12.1. The summed E-state index contributed by atoms with van der Waals surface area (Å²) < 4.78 is 6.47. The van der Waals surface area contributed by atoms with Crippen LogP contribution < -0.4 is 10.1 Å². The van der Waals surface area contributed by atoms with Crippen LogP contribution >= 0.6 is 15.9 Å². The third kappa shape index (κ3) is 4.15. The van der Waals surface area contributed by atoms with Crippen molar-refractivity contribution in [2.75, 3.05) is 6.61 Å². The zero-order valence-electron chi connectivity index (χ0n) is 13.3. The van der Waals surface area contributed by atoms with Crippen molar-refractivity contribution in [2.45, 2.75) is 13.0 Å². The van der Waals surface area contributed by atoms with Gasteiger partial charge in [0.1, 0.15) is 5.75 Å². The molecule has 0 bridgehead atoms. The summed E-state index contributed by atoms with van der Waals surface area (Å²) in [6.07, 6.45) is 0. The van der Waals surface area contributed by atoms with E-state index in [1.165, 1.54) is 10.8 Å². The number of carbonyl (C=O) groups is 1. The van der Waals surface area contributed by atoms with Gasteiger partial charge in [0.15, 0.2) is 6.61 Å². The molecule has 3 aromatic carbocycles. The molecule has 3 nitrogen and oxygen atoms in total. The Morgan fingerprint density at radius 2 is 1.75 bits per heavy atom. The van der Waals surface area contributed by atoms with Gasteiger partial charge in [0.05, 0.1) is 6.04 Å². The Balaban J connectivity index is 1.59. The Kier molecular flexibility index (Phi) is 5.16. The van der Waals surface area contributed by atoms with E-state index in [0.29, 0.717) is 5.75 Å². The van der Waals surface area contributed by atoms with Crippen molar-refractivity contribution >= 4 is 32.6 Å². The minimum absolute atomic E-state index is 0.000443. The Labute approximate surface area is 149 Å². The Hall–Kier alpha value is -2.33. The predicted molar refractivity (Wildman–Crippen MR) is 100 cm³/mol. The number of halogens is 1. The number of hydrogen-bond donors (Lipinski definition) is 1. The first kappa shape index (κ1) is 16.5. The van der Waals surface area contributed by atoms with E-state index in [0.717, 1.165) is 10.0 Å². The number of nitrogens with one attached hydrogen (secondary N) is 1. The number of carbonyl (C=O) groups excluding carboxylic acids is 1. The van der Waals surface area contributed by atoms with Gasteiger partial charge in [-0.25, -0.2) is 0 Å². The van der Waals surface area contributed by atoms with Gasteiger partial charge in [-0.05, 0) is 53.6 Å². The molecule has 0 aromatic heterocycles. The normalized spacial score (nSPS) is 11.9. The van der Waals surface area contributed by atoms with E-state index >= 15 is 0 Å². The average molecular weight is 384 g/mol. The van der Waals surface area contributed by atoms with Crippen molar-refractivity contribution < 1.29 is 9.53 Å². The zero-order chi connectivity index (χ0) is 16.9. The Morgan fingerprint density at radius 1 is 1.04 bits per heavy atom. The third-order valence-electron chi connectivity index (χ3n) is 3.83. The molecule has 0 spiro atoms. The summed E-state index contributed by atoms with van der Waals surface area (Å²) in [6, 6.07) is 21.7. The van der Waals surface area contributed by atoms with Crippen molar-refractivity contribution in [3.8, 4) is 5.75 Å². The molecule has 0 unspecified atom stereocenters. The minimum Gasteiger partial charge on any atom is -0.484 e. The summed E-state index contributed by atoms with van der Waals surface area (Å²) in [6.45, 7) is 1.97. The fourth-order valence-corrected chi connectivity index (χ4v) is 2.79. The highest BCUT2D eigenvalue weighted by molar-refractivity contribution is 9.10. The van der Waals surface area contributed by atoms with Crippen LogP contribution in [0.3, 0.4) is 0 Å². The van der Waals surface area contributed by atoms with E-state index in [1.54, 1.807) is 0 Å². The van der Waals surface area contributed by atoms with Crippen LogP contribution in [0.5, 0.6) is 5.75 Å². The molecule has 24 heavy (non-hydrogen) atoms. The molecule has 4 heteroatoms. The van der Waals surface area contributed by atoms with Crippen molar-refractivity contribution in [3.05, 3.63) is 76.8 Å². The molecule has 0 radical (unpaired) electrons. The fourth-order valence-electron chi connectivity index (χ4n) is 2.52. The molecule has 0 aliphatic heterocycles. The first-order chi connectivity index (χ1) is 11.6. The van der Waals surface area contributed by atoms with Gasteiger partial charge >= 0.3 is 0 Å². The monoisotopic (exact) mass is 383 g/mol. The number of fused-ring (bicyclic) bond motifs is 1. The van der Waals surface area contributed by atoms with E-state index in [1.807, 2.05) is 49.4 Å². The van der Waals surface area contributed by atoms with Crippen LogP contribution in [0.15, 0.2) is 71.2 Å². The number of rotatable bonds is 5. The average Bonchev–Trinajstić information content (AvgIpc) is 2.61. The van der Waals surface area contributed by atoms with Gasteiger partial charge in [-0.2, -0.15) is 0 Å². The van der Waals surface area contributed by atoms with Crippen LogP contribution in [0, 0.1) is 0 Å². The second-order valence-electron chi connectivity index (χ2n) is 5.64. The molecule has 0 aliphatic rings. The largest absolute Gasteiger partial charge is 0.484 e. The lowest BCUT2D eigenvalue weighted by Gasteiger charge is -2.15. The molecular weight excluding hydrogens is 366 g/mol. The summed E-state index contributed by atoms with van der Waals surface area (Å²) in [5, 5.41) is 5.33. The summed E-state index contributed by atoms with van der Waals surface area (Å²) >= 11 is 3.37. The zero-order valence-corrected chi connectivity index (χ0v) is 14.9. The molecule has 1 atom stereocenters. The highest BCUT2D eigenvalue weighted by atomic mass is 79.9. The maximum atomic E-state index is 12.1. The minimum atomic E-state index is -0.140. The summed E-state index contributed by atoms with van der Waals surface area (Å²) in [7, 11) is 0. The second-order valence-corrected chi connectivity index (χ2v) is 6.55. The summed E-state index contributed by atoms with van der Waals surface area (Å²) in [5.74, 6) is 0.533. The summed E-state index contributed by atoms with van der Waals surface area (Å²) in [5.41, 5.74) is 1.07. The van der Waals surface area contributed by atoms with Crippen molar-refractivity contribution in [1.29, 1.82) is 0 Å². The number of amides is 1. The molecule has 122 valence electrons. The first-order valence-corrected chi connectivity index (χ1v) is 8.57. The molecule has 0 saturated carbocycles. The van der Waals surface area contributed by atoms with Gasteiger partial charge in [-0.3, -0.25) is 4.79 Å². The van der Waals surface area contributed by atoms with Gasteiger partial charge in [0, 0.05) is 4.47 Å². The first-order valence-electron chi connectivity index (χ1n) is 7.78. The van der Waals surface area contributed by atoms with E-state index in [4.69, 9.17) is 4.74 Å². The van der Waals surface area contributed by atoms with Gasteiger partial charge < -0.3 is 10.1 Å². The lowest BCUT2D eigenvalue weighted by Crippen LogP contribution is -2.31.